The number of piperidine rings is 1. The van der Waals surface area contributed by atoms with Gasteiger partial charge in [-0.3, -0.25) is 9.59 Å². The minimum absolute atomic E-state index is 0.0334. The van der Waals surface area contributed by atoms with Crippen LogP contribution in [0.1, 0.15) is 77.0 Å². The zero-order valence-corrected chi connectivity index (χ0v) is 36.5. The Labute approximate surface area is 365 Å². The molecule has 3 aliphatic rings. The average Bonchev–Trinajstić information content (AvgIpc) is 4.12. The monoisotopic (exact) mass is 856 g/mol. The molecule has 15 nitrogen and oxygen atoms in total. The van der Waals surface area contributed by atoms with Gasteiger partial charge in [0, 0.05) is 36.6 Å². The molecule has 1 saturated carbocycles. The number of hydrogen-bond donors (Lipinski definition) is 4. The van der Waals surface area contributed by atoms with Gasteiger partial charge in [0.2, 0.25) is 11.8 Å². The lowest BCUT2D eigenvalue weighted by atomic mass is 9.89. The Morgan fingerprint density at radius 3 is 2.10 bits per heavy atom. The molecule has 2 bridgehead atoms. The maximum Gasteiger partial charge on any atom is 0.407 e. The lowest BCUT2D eigenvalue weighted by Gasteiger charge is -2.39. The number of aromatic amines is 2. The minimum Gasteiger partial charge on any atom is -0.453 e. The Balaban J connectivity index is 0.972. The van der Waals surface area contributed by atoms with Crippen molar-refractivity contribution in [3.05, 3.63) is 72.3 Å². The van der Waals surface area contributed by atoms with Crippen LogP contribution in [0.2, 0.25) is 0 Å². The van der Waals surface area contributed by atoms with Crippen molar-refractivity contribution in [2.45, 2.75) is 90.0 Å². The van der Waals surface area contributed by atoms with Crippen LogP contribution in [0.15, 0.2) is 60.7 Å². The third-order valence-electron chi connectivity index (χ3n) is 13.5. The summed E-state index contributed by atoms with van der Waals surface area (Å²) in [5.41, 5.74) is 5.63. The number of methoxy groups -OCH3 is 2. The summed E-state index contributed by atoms with van der Waals surface area (Å²) in [6.45, 7) is 7.72. The highest BCUT2D eigenvalue weighted by molar-refractivity contribution is 6.07. The number of carbonyl (C=O) groups excluding carboxylic acids is 4. The first-order valence-electron chi connectivity index (χ1n) is 22.3. The molecule has 2 saturated heterocycles. The normalized spacial score (nSPS) is 19.8. The maximum atomic E-state index is 14.5. The quantitative estimate of drug-likeness (QED) is 0.0957. The number of ether oxygens (including phenoxy) is 3. The van der Waals surface area contributed by atoms with Crippen LogP contribution in [0.25, 0.3) is 54.7 Å². The topological polar surface area (TPSA) is 184 Å². The van der Waals surface area contributed by atoms with E-state index in [4.69, 9.17) is 24.2 Å². The van der Waals surface area contributed by atoms with E-state index in [1.54, 1.807) is 4.90 Å². The van der Waals surface area contributed by atoms with Crippen molar-refractivity contribution in [1.29, 1.82) is 0 Å². The van der Waals surface area contributed by atoms with Crippen molar-refractivity contribution in [2.75, 3.05) is 34.0 Å². The fraction of sp³-hybridized carbons (Fsp3) is 0.458. The molecule has 0 radical (unpaired) electrons. The maximum absolute atomic E-state index is 14.5. The van der Waals surface area contributed by atoms with Gasteiger partial charge in [0.25, 0.3) is 0 Å². The van der Waals surface area contributed by atoms with Crippen LogP contribution < -0.4 is 10.6 Å². The van der Waals surface area contributed by atoms with Crippen molar-refractivity contribution in [2.24, 2.45) is 17.8 Å². The van der Waals surface area contributed by atoms with Gasteiger partial charge >= 0.3 is 12.2 Å². The molecular weight excluding hydrogens is 801 g/mol. The Hall–Kier alpha value is -6.22. The van der Waals surface area contributed by atoms with E-state index >= 15 is 0 Å². The molecule has 5 atom stereocenters. The highest BCUT2D eigenvalue weighted by Gasteiger charge is 2.52. The fourth-order valence-corrected chi connectivity index (χ4v) is 10.3. The zero-order valence-electron chi connectivity index (χ0n) is 36.5. The van der Waals surface area contributed by atoms with Gasteiger partial charge in [0.1, 0.15) is 23.7 Å². The molecular formula is C48H56N8O7. The lowest BCUT2D eigenvalue weighted by molar-refractivity contribution is -0.140. The van der Waals surface area contributed by atoms with Gasteiger partial charge in [-0.25, -0.2) is 19.6 Å². The number of hydrogen-bond acceptors (Lipinski definition) is 9. The lowest BCUT2D eigenvalue weighted by Crippen LogP contribution is -2.55. The van der Waals surface area contributed by atoms with Gasteiger partial charge in [-0.15, -0.1) is 0 Å². The molecule has 4 N–H and O–H groups in total. The summed E-state index contributed by atoms with van der Waals surface area (Å²) in [5, 5.41) is 9.71. The molecule has 2 aromatic heterocycles. The number of likely N-dealkylation sites (tertiary alicyclic amines) is 1. The Bertz CT molecular complexity index is 2700. The molecule has 3 fully saturated rings. The molecule has 4 aromatic carbocycles. The van der Waals surface area contributed by atoms with Crippen LogP contribution in [0.4, 0.5) is 9.59 Å². The molecule has 1 aliphatic carbocycles. The molecule has 0 unspecified atom stereocenters. The Kier molecular flexibility index (Phi) is 11.7. The van der Waals surface area contributed by atoms with Crippen LogP contribution in [-0.4, -0.2) is 106 Å². The predicted octanol–water partition coefficient (Wildman–Crippen LogP) is 7.74. The van der Waals surface area contributed by atoms with Gasteiger partial charge in [0.05, 0.1) is 48.9 Å². The summed E-state index contributed by atoms with van der Waals surface area (Å²) in [5.74, 6) is 1.32. The largest absolute Gasteiger partial charge is 0.453 e. The first-order chi connectivity index (χ1) is 30.5. The summed E-state index contributed by atoms with van der Waals surface area (Å²) in [6, 6.07) is 19.6. The molecule has 4 amide bonds. The number of nitrogens with one attached hydrogen (secondary N) is 4. The van der Waals surface area contributed by atoms with Gasteiger partial charge in [-0.05, 0) is 102 Å². The molecule has 4 heterocycles. The fourth-order valence-electron chi connectivity index (χ4n) is 10.3. The SMILES string of the molecule is CCCN(Cc1nc2c(ccc3cc(-c4ccc5c(ccc6[nH]c([C@@H]7[C@H]8CC[C@H](C8)N7C(=O)[C@@H](NC(=O)OC)C7CCOCC7)nc65)c4)ccc32)[nH]1)C(=O)[C@@H](NC(=O)OC)C(C)C. The molecule has 2 aliphatic heterocycles. The first-order valence-corrected chi connectivity index (χ1v) is 22.3. The van der Waals surface area contributed by atoms with E-state index in [-0.39, 0.29) is 48.2 Å². The summed E-state index contributed by atoms with van der Waals surface area (Å²) in [6.07, 6.45) is 3.80. The van der Waals surface area contributed by atoms with Gasteiger partial charge in [0.15, 0.2) is 0 Å². The van der Waals surface area contributed by atoms with E-state index < -0.39 is 24.3 Å². The Morgan fingerprint density at radius 2 is 1.46 bits per heavy atom. The number of carbonyl (C=O) groups is 4. The van der Waals surface area contributed by atoms with Crippen LogP contribution in [0, 0.1) is 17.8 Å². The molecule has 0 spiro atoms. The van der Waals surface area contributed by atoms with E-state index in [1.165, 1.54) is 14.2 Å². The number of imidazole rings is 2. The second-order valence-electron chi connectivity index (χ2n) is 17.7. The number of nitrogens with zero attached hydrogens (tertiary/aromatic N) is 4. The third kappa shape index (κ3) is 8.03. The average molecular weight is 857 g/mol. The van der Waals surface area contributed by atoms with E-state index in [9.17, 15) is 19.2 Å². The van der Waals surface area contributed by atoms with Gasteiger partial charge in [-0.2, -0.15) is 0 Å². The summed E-state index contributed by atoms with van der Waals surface area (Å²) < 4.78 is 15.3. The Morgan fingerprint density at radius 1 is 0.825 bits per heavy atom. The van der Waals surface area contributed by atoms with Crippen LogP contribution in [0.5, 0.6) is 0 Å². The van der Waals surface area contributed by atoms with Crippen LogP contribution >= 0.6 is 0 Å². The molecule has 15 heteroatoms. The molecule has 330 valence electrons. The smallest absolute Gasteiger partial charge is 0.407 e. The van der Waals surface area contributed by atoms with Gasteiger partial charge < -0.3 is 44.6 Å². The highest BCUT2D eigenvalue weighted by atomic mass is 16.5. The van der Waals surface area contributed by atoms with Crippen molar-refractivity contribution < 1.29 is 33.4 Å². The van der Waals surface area contributed by atoms with Crippen molar-refractivity contribution in [3.8, 4) is 11.1 Å². The van der Waals surface area contributed by atoms with Gasteiger partial charge in [-0.1, -0.05) is 57.2 Å². The van der Waals surface area contributed by atoms with Crippen molar-refractivity contribution in [3.63, 3.8) is 0 Å². The number of aromatic nitrogens is 4. The van der Waals surface area contributed by atoms with E-state index in [0.717, 1.165) is 86.2 Å². The minimum atomic E-state index is -0.722. The number of fused-ring (bicyclic) bond motifs is 8. The predicted molar refractivity (Wildman–Crippen MR) is 240 cm³/mol. The van der Waals surface area contributed by atoms with E-state index in [1.807, 2.05) is 31.7 Å². The van der Waals surface area contributed by atoms with Crippen LogP contribution in [-0.2, 0) is 30.3 Å². The van der Waals surface area contributed by atoms with E-state index in [0.29, 0.717) is 38.4 Å². The number of H-pyrrole nitrogens is 2. The summed E-state index contributed by atoms with van der Waals surface area (Å²) >= 11 is 0. The van der Waals surface area contributed by atoms with Crippen LogP contribution in [0.3, 0.4) is 0 Å². The molecule has 63 heavy (non-hydrogen) atoms. The standard InChI is InChI=1S/C48H56N8O7/c1-6-19-55(45(57)39(26(2)3)53-47(59)61-4)25-38-49-36-15-10-30-22-28(8-13-34(30)41(36)51-38)29-9-14-35-31(23-29)11-16-37-42(35)52-44(50-37)43-32-7-12-33(24-32)56(43)46(58)40(54-48(60)62-5)27-17-20-63-21-18-27/h8-11,13-16,22-23,26-27,32-33,39-40,43H,6-7,12,17-21,24-25H2,1-5H3,(H,49,51)(H,50,52)(H,53,59)(H,54,60)/t32-,33+,39-,40-,43-/m0/s1. The number of alkyl carbamates (subject to hydrolysis) is 2. The number of rotatable bonds is 12. The summed E-state index contributed by atoms with van der Waals surface area (Å²) in [4.78, 5) is 73.7. The second-order valence-corrected chi connectivity index (χ2v) is 17.7. The van der Waals surface area contributed by atoms with Crippen molar-refractivity contribution in [1.82, 2.24) is 40.4 Å². The summed E-state index contributed by atoms with van der Waals surface area (Å²) in [7, 11) is 2.62. The molecule has 6 aromatic rings. The first kappa shape index (κ1) is 42.1. The van der Waals surface area contributed by atoms with Crippen molar-refractivity contribution >= 4 is 67.6 Å². The number of amides is 4. The highest BCUT2D eigenvalue weighted by Crippen LogP contribution is 2.50. The number of benzene rings is 4. The third-order valence-corrected chi connectivity index (χ3v) is 13.5. The zero-order chi connectivity index (χ0) is 43.9. The van der Waals surface area contributed by atoms with E-state index in [2.05, 4.69) is 75.2 Å². The second kappa shape index (κ2) is 17.5. The molecule has 9 rings (SSSR count).